The van der Waals surface area contributed by atoms with Gasteiger partial charge in [-0.2, -0.15) is 0 Å². The molecule has 1 unspecified atom stereocenters. The van der Waals surface area contributed by atoms with Crippen molar-refractivity contribution in [2.45, 2.75) is 25.9 Å². The third-order valence-corrected chi connectivity index (χ3v) is 1.85. The molecule has 0 saturated heterocycles. The van der Waals surface area contributed by atoms with E-state index in [1.165, 1.54) is 5.56 Å². The maximum atomic E-state index is 5.62. The number of nitrogens with two attached hydrogens (primary N) is 1. The van der Waals surface area contributed by atoms with Crippen molar-refractivity contribution in [3.05, 3.63) is 30.1 Å². The summed E-state index contributed by atoms with van der Waals surface area (Å²) >= 11 is 0. The first-order valence-corrected chi connectivity index (χ1v) is 4.64. The van der Waals surface area contributed by atoms with E-state index in [0.29, 0.717) is 0 Å². The minimum Gasteiger partial charge on any atom is -0.328 e. The SMILES string of the molecule is CC(N)CCNCc1ccncc1. The second-order valence-electron chi connectivity index (χ2n) is 3.30. The zero-order chi connectivity index (χ0) is 9.52. The Bertz CT molecular complexity index is 221. The van der Waals surface area contributed by atoms with E-state index in [2.05, 4.69) is 10.3 Å². The molecule has 1 aromatic heterocycles. The van der Waals surface area contributed by atoms with E-state index >= 15 is 0 Å². The van der Waals surface area contributed by atoms with Gasteiger partial charge in [-0.05, 0) is 37.6 Å². The molecule has 0 aliphatic rings. The molecule has 0 radical (unpaired) electrons. The predicted octanol–water partition coefficient (Wildman–Crippen LogP) is 0.908. The van der Waals surface area contributed by atoms with Crippen molar-refractivity contribution < 1.29 is 0 Å². The molecule has 1 rings (SSSR count). The zero-order valence-corrected chi connectivity index (χ0v) is 8.03. The third kappa shape index (κ3) is 4.60. The summed E-state index contributed by atoms with van der Waals surface area (Å²) in [5, 5.41) is 3.33. The van der Waals surface area contributed by atoms with E-state index in [4.69, 9.17) is 5.73 Å². The molecule has 0 fully saturated rings. The van der Waals surface area contributed by atoms with Crippen molar-refractivity contribution in [1.82, 2.24) is 10.3 Å². The molecule has 0 aromatic carbocycles. The molecule has 3 N–H and O–H groups in total. The molecule has 72 valence electrons. The lowest BCUT2D eigenvalue weighted by atomic mass is 10.2. The number of hydrogen-bond donors (Lipinski definition) is 2. The van der Waals surface area contributed by atoms with Crippen LogP contribution in [0.4, 0.5) is 0 Å². The van der Waals surface area contributed by atoms with Crippen LogP contribution in [0, 0.1) is 0 Å². The van der Waals surface area contributed by atoms with Gasteiger partial charge in [0.05, 0.1) is 0 Å². The van der Waals surface area contributed by atoms with Crippen LogP contribution in [0.1, 0.15) is 18.9 Å². The van der Waals surface area contributed by atoms with Crippen LogP contribution in [0.15, 0.2) is 24.5 Å². The molecule has 0 spiro atoms. The molecule has 1 aromatic rings. The third-order valence-electron chi connectivity index (χ3n) is 1.85. The van der Waals surface area contributed by atoms with Gasteiger partial charge >= 0.3 is 0 Å². The number of aromatic nitrogens is 1. The van der Waals surface area contributed by atoms with Gasteiger partial charge in [0.2, 0.25) is 0 Å². The molecule has 0 amide bonds. The summed E-state index contributed by atoms with van der Waals surface area (Å²) in [5.41, 5.74) is 6.89. The fourth-order valence-electron chi connectivity index (χ4n) is 1.06. The van der Waals surface area contributed by atoms with Crippen molar-refractivity contribution in [3.63, 3.8) is 0 Å². The van der Waals surface area contributed by atoms with Crippen LogP contribution in [0.2, 0.25) is 0 Å². The molecular weight excluding hydrogens is 162 g/mol. The van der Waals surface area contributed by atoms with Gasteiger partial charge in [0.25, 0.3) is 0 Å². The van der Waals surface area contributed by atoms with Crippen LogP contribution in [-0.2, 0) is 6.54 Å². The topological polar surface area (TPSA) is 50.9 Å². The Morgan fingerprint density at radius 3 is 2.77 bits per heavy atom. The Balaban J connectivity index is 2.13. The van der Waals surface area contributed by atoms with Gasteiger partial charge in [-0.3, -0.25) is 4.98 Å². The van der Waals surface area contributed by atoms with Crippen molar-refractivity contribution in [1.29, 1.82) is 0 Å². The van der Waals surface area contributed by atoms with Crippen molar-refractivity contribution >= 4 is 0 Å². The normalized spacial score (nSPS) is 12.8. The van der Waals surface area contributed by atoms with Gasteiger partial charge in [0, 0.05) is 25.0 Å². The molecule has 0 bridgehead atoms. The lowest BCUT2D eigenvalue weighted by Gasteiger charge is -2.06. The Hall–Kier alpha value is -0.930. The quantitative estimate of drug-likeness (QED) is 0.660. The van der Waals surface area contributed by atoms with Crippen molar-refractivity contribution in [2.24, 2.45) is 5.73 Å². The molecule has 3 heteroatoms. The van der Waals surface area contributed by atoms with Crippen molar-refractivity contribution in [3.8, 4) is 0 Å². The van der Waals surface area contributed by atoms with Gasteiger partial charge < -0.3 is 11.1 Å². The van der Waals surface area contributed by atoms with Gasteiger partial charge in [-0.1, -0.05) is 0 Å². The maximum Gasteiger partial charge on any atom is 0.0271 e. The molecule has 1 heterocycles. The molecule has 3 nitrogen and oxygen atoms in total. The number of rotatable bonds is 5. The Morgan fingerprint density at radius 1 is 1.46 bits per heavy atom. The van der Waals surface area contributed by atoms with Gasteiger partial charge in [0.15, 0.2) is 0 Å². The highest BCUT2D eigenvalue weighted by Crippen LogP contribution is 1.94. The lowest BCUT2D eigenvalue weighted by Crippen LogP contribution is -2.23. The molecule has 0 aliphatic heterocycles. The second kappa shape index (κ2) is 5.67. The Morgan fingerprint density at radius 2 is 2.15 bits per heavy atom. The first kappa shape index (κ1) is 10.2. The number of nitrogens with one attached hydrogen (secondary N) is 1. The lowest BCUT2D eigenvalue weighted by molar-refractivity contribution is 0.589. The summed E-state index contributed by atoms with van der Waals surface area (Å²) < 4.78 is 0. The summed E-state index contributed by atoms with van der Waals surface area (Å²) in [7, 11) is 0. The fraction of sp³-hybridized carbons (Fsp3) is 0.500. The van der Waals surface area contributed by atoms with Crippen molar-refractivity contribution in [2.75, 3.05) is 6.54 Å². The maximum absolute atomic E-state index is 5.62. The largest absolute Gasteiger partial charge is 0.328 e. The Labute approximate surface area is 79.4 Å². The van der Waals surface area contributed by atoms with Gasteiger partial charge in [-0.15, -0.1) is 0 Å². The predicted molar refractivity (Wildman–Crippen MR) is 54.2 cm³/mol. The standard InChI is InChI=1S/C10H17N3/c1-9(11)2-5-13-8-10-3-6-12-7-4-10/h3-4,6-7,9,13H,2,5,8,11H2,1H3. The van der Waals surface area contributed by atoms with Gasteiger partial charge in [-0.25, -0.2) is 0 Å². The van der Waals surface area contributed by atoms with Crippen LogP contribution in [0.3, 0.4) is 0 Å². The van der Waals surface area contributed by atoms with Crippen LogP contribution < -0.4 is 11.1 Å². The molecule has 0 aliphatic carbocycles. The monoisotopic (exact) mass is 179 g/mol. The second-order valence-corrected chi connectivity index (χ2v) is 3.30. The van der Waals surface area contributed by atoms with E-state index in [1.54, 1.807) is 0 Å². The number of pyridine rings is 1. The van der Waals surface area contributed by atoms with Crippen LogP contribution in [0.25, 0.3) is 0 Å². The summed E-state index contributed by atoms with van der Waals surface area (Å²) in [6.07, 6.45) is 4.64. The van der Waals surface area contributed by atoms with E-state index in [9.17, 15) is 0 Å². The fourth-order valence-corrected chi connectivity index (χ4v) is 1.06. The summed E-state index contributed by atoms with van der Waals surface area (Å²) in [5.74, 6) is 0. The highest BCUT2D eigenvalue weighted by Gasteiger charge is 1.93. The number of nitrogens with zero attached hydrogens (tertiary/aromatic N) is 1. The average Bonchev–Trinajstić information content (AvgIpc) is 2.14. The van der Waals surface area contributed by atoms with E-state index in [-0.39, 0.29) is 6.04 Å². The van der Waals surface area contributed by atoms with E-state index < -0.39 is 0 Å². The summed E-state index contributed by atoms with van der Waals surface area (Å²) in [6.45, 7) is 3.89. The van der Waals surface area contributed by atoms with E-state index in [0.717, 1.165) is 19.5 Å². The smallest absolute Gasteiger partial charge is 0.0271 e. The first-order chi connectivity index (χ1) is 6.29. The van der Waals surface area contributed by atoms with Crippen LogP contribution >= 0.6 is 0 Å². The average molecular weight is 179 g/mol. The Kier molecular flexibility index (Phi) is 4.43. The van der Waals surface area contributed by atoms with Crippen LogP contribution in [0.5, 0.6) is 0 Å². The summed E-state index contributed by atoms with van der Waals surface area (Å²) in [4.78, 5) is 3.95. The highest BCUT2D eigenvalue weighted by atomic mass is 14.9. The molecule has 13 heavy (non-hydrogen) atoms. The number of hydrogen-bond acceptors (Lipinski definition) is 3. The minimum absolute atomic E-state index is 0.282. The molecule has 0 saturated carbocycles. The molecular formula is C10H17N3. The minimum atomic E-state index is 0.282. The van der Waals surface area contributed by atoms with Gasteiger partial charge in [0.1, 0.15) is 0 Å². The summed E-state index contributed by atoms with van der Waals surface area (Å²) in [6, 6.07) is 4.31. The molecule has 1 atom stereocenters. The highest BCUT2D eigenvalue weighted by molar-refractivity contribution is 5.08. The van der Waals surface area contributed by atoms with E-state index in [1.807, 2.05) is 31.5 Å². The first-order valence-electron chi connectivity index (χ1n) is 4.64. The zero-order valence-electron chi connectivity index (χ0n) is 8.03. The van der Waals surface area contributed by atoms with Crippen LogP contribution in [-0.4, -0.2) is 17.6 Å².